The smallest absolute Gasteiger partial charge is 0.244 e. The van der Waals surface area contributed by atoms with Crippen LogP contribution < -0.4 is 16.0 Å². The van der Waals surface area contributed by atoms with Gasteiger partial charge in [0.2, 0.25) is 5.91 Å². The van der Waals surface area contributed by atoms with E-state index < -0.39 is 5.54 Å². The molecule has 0 bridgehead atoms. The second-order valence-corrected chi connectivity index (χ2v) is 5.66. The lowest BCUT2D eigenvalue weighted by molar-refractivity contribution is -0.124. The minimum atomic E-state index is -0.871. The molecule has 5 nitrogen and oxygen atoms in total. The first-order valence-corrected chi connectivity index (χ1v) is 6.96. The van der Waals surface area contributed by atoms with Crippen molar-refractivity contribution < 1.29 is 9.53 Å². The zero-order chi connectivity index (χ0) is 14.8. The number of nitrogens with two attached hydrogens (primary N) is 1. The molecule has 0 radical (unpaired) electrons. The van der Waals surface area contributed by atoms with Crippen molar-refractivity contribution in [3.05, 3.63) is 23.2 Å². The van der Waals surface area contributed by atoms with E-state index in [-0.39, 0.29) is 5.91 Å². The van der Waals surface area contributed by atoms with Gasteiger partial charge in [-0.25, -0.2) is 0 Å². The highest BCUT2D eigenvalue weighted by atomic mass is 35.5. The van der Waals surface area contributed by atoms with Gasteiger partial charge in [-0.15, -0.1) is 0 Å². The summed E-state index contributed by atoms with van der Waals surface area (Å²) >= 11 is 6.18. The third kappa shape index (κ3) is 3.06. The van der Waals surface area contributed by atoms with E-state index in [1.54, 1.807) is 12.1 Å². The molecular weight excluding hydrogens is 278 g/mol. The van der Waals surface area contributed by atoms with Crippen molar-refractivity contribution in [3.8, 4) is 0 Å². The summed E-state index contributed by atoms with van der Waals surface area (Å²) < 4.78 is 5.26. The van der Waals surface area contributed by atoms with Crippen LogP contribution in [-0.2, 0) is 9.53 Å². The number of hydrogen-bond donors (Lipinski definition) is 2. The average molecular weight is 298 g/mol. The van der Waals surface area contributed by atoms with Crippen molar-refractivity contribution in [1.82, 2.24) is 0 Å². The molecule has 1 saturated heterocycles. The fourth-order valence-electron chi connectivity index (χ4n) is 2.28. The summed E-state index contributed by atoms with van der Waals surface area (Å²) in [6, 6.07) is 5.42. The zero-order valence-electron chi connectivity index (χ0n) is 11.8. The van der Waals surface area contributed by atoms with E-state index in [9.17, 15) is 4.79 Å². The fourth-order valence-corrected chi connectivity index (χ4v) is 2.62. The SMILES string of the molecule is CN(C)c1c(Cl)cccc1NC(=O)C1(N)CCOCC1. The summed E-state index contributed by atoms with van der Waals surface area (Å²) in [5.41, 5.74) is 6.75. The second-order valence-electron chi connectivity index (χ2n) is 5.25. The lowest BCUT2D eigenvalue weighted by Gasteiger charge is -2.32. The van der Waals surface area contributed by atoms with Crippen LogP contribution in [0.1, 0.15) is 12.8 Å². The van der Waals surface area contributed by atoms with Gasteiger partial charge in [-0.2, -0.15) is 0 Å². The Kier molecular flexibility index (Phi) is 4.52. The quantitative estimate of drug-likeness (QED) is 0.893. The number of hydrogen-bond acceptors (Lipinski definition) is 4. The van der Waals surface area contributed by atoms with Gasteiger partial charge in [-0.05, 0) is 25.0 Å². The topological polar surface area (TPSA) is 67.6 Å². The highest BCUT2D eigenvalue weighted by Gasteiger charge is 2.36. The molecule has 1 aromatic carbocycles. The molecule has 1 fully saturated rings. The zero-order valence-corrected chi connectivity index (χ0v) is 12.5. The van der Waals surface area contributed by atoms with Gasteiger partial charge in [-0.1, -0.05) is 17.7 Å². The first-order chi connectivity index (χ1) is 9.44. The number of nitrogens with zero attached hydrogens (tertiary/aromatic N) is 1. The number of para-hydroxylation sites is 1. The van der Waals surface area contributed by atoms with Gasteiger partial charge in [0.15, 0.2) is 0 Å². The van der Waals surface area contributed by atoms with Crippen LogP contribution in [0, 0.1) is 0 Å². The summed E-state index contributed by atoms with van der Waals surface area (Å²) in [6.45, 7) is 1.03. The Balaban J connectivity index is 2.21. The predicted octanol–water partition coefficient (Wildman–Crippen LogP) is 1.85. The maximum Gasteiger partial charge on any atom is 0.244 e. The van der Waals surface area contributed by atoms with E-state index in [0.717, 1.165) is 5.69 Å². The van der Waals surface area contributed by atoms with E-state index in [1.165, 1.54) is 0 Å². The molecule has 1 aliphatic heterocycles. The molecule has 6 heteroatoms. The van der Waals surface area contributed by atoms with Crippen molar-refractivity contribution in [2.45, 2.75) is 18.4 Å². The summed E-state index contributed by atoms with van der Waals surface area (Å²) in [6.07, 6.45) is 1.05. The Morgan fingerprint density at radius 1 is 1.40 bits per heavy atom. The molecule has 20 heavy (non-hydrogen) atoms. The number of carbonyl (C=O) groups is 1. The Hall–Kier alpha value is -1.30. The summed E-state index contributed by atoms with van der Waals surface area (Å²) in [5, 5.41) is 3.49. The monoisotopic (exact) mass is 297 g/mol. The molecule has 0 saturated carbocycles. The summed E-state index contributed by atoms with van der Waals surface area (Å²) in [7, 11) is 3.76. The summed E-state index contributed by atoms with van der Waals surface area (Å²) in [5.74, 6) is -0.189. The number of anilines is 2. The number of amides is 1. The largest absolute Gasteiger partial charge is 0.381 e. The molecule has 0 atom stereocenters. The van der Waals surface area contributed by atoms with Gasteiger partial charge in [0.1, 0.15) is 5.54 Å². The van der Waals surface area contributed by atoms with Crippen LogP contribution >= 0.6 is 11.6 Å². The van der Waals surface area contributed by atoms with Crippen molar-refractivity contribution >= 4 is 28.9 Å². The van der Waals surface area contributed by atoms with E-state index in [4.69, 9.17) is 22.1 Å². The first kappa shape index (κ1) is 15.1. The molecule has 2 rings (SSSR count). The van der Waals surface area contributed by atoms with Gasteiger partial charge in [-0.3, -0.25) is 4.79 Å². The molecular formula is C14H20ClN3O2. The van der Waals surface area contributed by atoms with Crippen LogP contribution in [0.4, 0.5) is 11.4 Å². The van der Waals surface area contributed by atoms with Crippen molar-refractivity contribution in [2.24, 2.45) is 5.73 Å². The van der Waals surface area contributed by atoms with Crippen molar-refractivity contribution in [1.29, 1.82) is 0 Å². The van der Waals surface area contributed by atoms with Crippen LogP contribution in [-0.4, -0.2) is 38.8 Å². The lowest BCUT2D eigenvalue weighted by atomic mass is 9.90. The number of rotatable bonds is 3. The first-order valence-electron chi connectivity index (χ1n) is 6.58. The minimum absolute atomic E-state index is 0.189. The van der Waals surface area contributed by atoms with Crippen molar-refractivity contribution in [3.63, 3.8) is 0 Å². The van der Waals surface area contributed by atoms with Gasteiger partial charge in [0, 0.05) is 27.3 Å². The number of nitrogens with one attached hydrogen (secondary N) is 1. The van der Waals surface area contributed by atoms with Crippen LogP contribution in [0.2, 0.25) is 5.02 Å². The summed E-state index contributed by atoms with van der Waals surface area (Å²) in [4.78, 5) is 14.3. The molecule has 0 unspecified atom stereocenters. The van der Waals surface area contributed by atoms with Gasteiger partial charge < -0.3 is 20.7 Å². The highest BCUT2D eigenvalue weighted by Crippen LogP contribution is 2.33. The Morgan fingerprint density at radius 3 is 2.65 bits per heavy atom. The maximum atomic E-state index is 12.4. The molecule has 0 aromatic heterocycles. The molecule has 1 heterocycles. The second kappa shape index (κ2) is 5.99. The van der Waals surface area contributed by atoms with E-state index in [0.29, 0.717) is 36.8 Å². The van der Waals surface area contributed by atoms with Crippen molar-refractivity contribution in [2.75, 3.05) is 37.5 Å². The van der Waals surface area contributed by atoms with Crippen LogP contribution in [0.25, 0.3) is 0 Å². The number of carbonyl (C=O) groups excluding carboxylic acids is 1. The van der Waals surface area contributed by atoms with E-state index in [1.807, 2.05) is 25.1 Å². The molecule has 1 aliphatic rings. The predicted molar refractivity (Wildman–Crippen MR) is 81.4 cm³/mol. The average Bonchev–Trinajstić information content (AvgIpc) is 2.39. The van der Waals surface area contributed by atoms with Crippen LogP contribution in [0.15, 0.2) is 18.2 Å². The third-order valence-corrected chi connectivity index (χ3v) is 3.82. The molecule has 110 valence electrons. The van der Waals surface area contributed by atoms with Gasteiger partial charge in [0.25, 0.3) is 0 Å². The molecule has 0 aliphatic carbocycles. The van der Waals surface area contributed by atoms with E-state index in [2.05, 4.69) is 5.32 Å². The number of benzene rings is 1. The Labute approximate surface area is 124 Å². The molecule has 1 aromatic rings. The highest BCUT2D eigenvalue weighted by molar-refractivity contribution is 6.34. The van der Waals surface area contributed by atoms with Gasteiger partial charge in [0.05, 0.1) is 16.4 Å². The maximum absolute atomic E-state index is 12.4. The molecule has 1 amide bonds. The lowest BCUT2D eigenvalue weighted by Crippen LogP contribution is -2.54. The third-order valence-electron chi connectivity index (χ3n) is 3.52. The fraction of sp³-hybridized carbons (Fsp3) is 0.500. The molecule has 0 spiro atoms. The standard InChI is InChI=1S/C14H20ClN3O2/c1-18(2)12-10(15)4-3-5-11(12)17-13(19)14(16)6-8-20-9-7-14/h3-5H,6-9,16H2,1-2H3,(H,17,19). The van der Waals surface area contributed by atoms with E-state index >= 15 is 0 Å². The normalized spacial score (nSPS) is 17.6. The van der Waals surface area contributed by atoms with Crippen LogP contribution in [0.5, 0.6) is 0 Å². The molecule has 3 N–H and O–H groups in total. The Morgan fingerprint density at radius 2 is 2.05 bits per heavy atom. The minimum Gasteiger partial charge on any atom is -0.381 e. The number of ether oxygens (including phenoxy) is 1. The number of halogens is 1. The van der Waals surface area contributed by atoms with Gasteiger partial charge >= 0.3 is 0 Å². The Bertz CT molecular complexity index is 499. The van der Waals surface area contributed by atoms with Crippen LogP contribution in [0.3, 0.4) is 0 Å².